The molecule has 0 bridgehead atoms. The molecule has 1 amide bonds. The van der Waals surface area contributed by atoms with Crippen LogP contribution in [-0.2, 0) is 4.79 Å². The van der Waals surface area contributed by atoms with Crippen molar-refractivity contribution in [1.29, 1.82) is 0 Å². The third-order valence-electron chi connectivity index (χ3n) is 2.59. The van der Waals surface area contributed by atoms with Gasteiger partial charge in [-0.2, -0.15) is 0 Å². The molecule has 0 aliphatic rings. The smallest absolute Gasteiger partial charge is 0.262 e. The minimum Gasteiger partial charge on any atom is -0.482 e. The molecule has 0 unspecified atom stereocenters. The van der Waals surface area contributed by atoms with Crippen LogP contribution in [0.25, 0.3) is 0 Å². The van der Waals surface area contributed by atoms with Gasteiger partial charge in [0.1, 0.15) is 5.75 Å². The second-order valence-corrected chi connectivity index (χ2v) is 4.19. The van der Waals surface area contributed by atoms with Gasteiger partial charge in [-0.3, -0.25) is 4.79 Å². The minimum atomic E-state index is -0.288. The number of nitrogen functional groups attached to an aromatic ring is 1. The average Bonchev–Trinajstić information content (AvgIpc) is 2.49. The Labute approximate surface area is 122 Å². The second kappa shape index (κ2) is 7.14. The first-order valence-corrected chi connectivity index (χ1v) is 6.55. The maximum Gasteiger partial charge on any atom is 0.262 e. The Morgan fingerprint density at radius 3 is 2.71 bits per heavy atom. The summed E-state index contributed by atoms with van der Waals surface area (Å²) in [6, 6.07) is 10.4. The number of rotatable bonds is 6. The fourth-order valence-corrected chi connectivity index (χ4v) is 1.64. The van der Waals surface area contributed by atoms with E-state index in [-0.39, 0.29) is 12.5 Å². The zero-order chi connectivity index (χ0) is 15.1. The zero-order valence-corrected chi connectivity index (χ0v) is 11.7. The maximum absolute atomic E-state index is 11.8. The van der Waals surface area contributed by atoms with Gasteiger partial charge >= 0.3 is 0 Å². The number of carbonyl (C=O) groups is 1. The summed E-state index contributed by atoms with van der Waals surface area (Å²) in [5, 5.41) is 2.68. The number of nitrogens with two attached hydrogens (primary N) is 1. The van der Waals surface area contributed by atoms with E-state index in [1.807, 2.05) is 6.92 Å². The summed E-state index contributed by atoms with van der Waals surface area (Å²) in [6.45, 7) is 2.30. The maximum atomic E-state index is 11.8. The molecule has 0 aliphatic heterocycles. The normalized spacial score (nSPS) is 9.95. The molecule has 0 atom stereocenters. The molecule has 0 saturated heterocycles. The molecule has 21 heavy (non-hydrogen) atoms. The van der Waals surface area contributed by atoms with E-state index < -0.39 is 0 Å². The summed E-state index contributed by atoms with van der Waals surface area (Å²) in [6.07, 6.45) is 1.53. The number of nitrogens with one attached hydrogen (secondary N) is 1. The van der Waals surface area contributed by atoms with Crippen LogP contribution in [0.3, 0.4) is 0 Å². The van der Waals surface area contributed by atoms with Gasteiger partial charge in [0.2, 0.25) is 5.88 Å². The number of pyridine rings is 1. The van der Waals surface area contributed by atoms with Crippen LogP contribution < -0.4 is 20.5 Å². The van der Waals surface area contributed by atoms with E-state index in [9.17, 15) is 4.79 Å². The van der Waals surface area contributed by atoms with Gasteiger partial charge in [0.15, 0.2) is 6.61 Å². The molecule has 0 spiro atoms. The van der Waals surface area contributed by atoms with E-state index in [0.29, 0.717) is 29.6 Å². The zero-order valence-electron chi connectivity index (χ0n) is 11.7. The van der Waals surface area contributed by atoms with E-state index in [4.69, 9.17) is 15.2 Å². The highest BCUT2D eigenvalue weighted by molar-refractivity contribution is 5.91. The summed E-state index contributed by atoms with van der Waals surface area (Å²) < 4.78 is 10.6. The number of hydrogen-bond acceptors (Lipinski definition) is 5. The molecule has 6 nitrogen and oxygen atoms in total. The Hall–Kier alpha value is -2.76. The standard InChI is InChI=1S/C15H17N3O3/c1-2-20-15-8-7-11(9-17-15)18-14(19)10-21-13-6-4-3-5-12(13)16/h3-9H,2,10,16H2,1H3,(H,18,19). The number of carbonyl (C=O) groups excluding carboxylic acids is 1. The number of nitrogens with zero attached hydrogens (tertiary/aromatic N) is 1. The third kappa shape index (κ3) is 4.38. The van der Waals surface area contributed by atoms with E-state index in [0.717, 1.165) is 0 Å². The van der Waals surface area contributed by atoms with E-state index in [1.54, 1.807) is 36.4 Å². The molecular weight excluding hydrogens is 270 g/mol. The number of amides is 1. The lowest BCUT2D eigenvalue weighted by Crippen LogP contribution is -2.20. The number of ether oxygens (including phenoxy) is 2. The molecule has 0 fully saturated rings. The van der Waals surface area contributed by atoms with Crippen LogP contribution in [0.2, 0.25) is 0 Å². The van der Waals surface area contributed by atoms with Crippen molar-refractivity contribution in [1.82, 2.24) is 4.98 Å². The van der Waals surface area contributed by atoms with Gasteiger partial charge in [0.05, 0.1) is 24.2 Å². The van der Waals surface area contributed by atoms with Crippen molar-refractivity contribution in [2.24, 2.45) is 0 Å². The van der Waals surface area contributed by atoms with Crippen molar-refractivity contribution in [3.8, 4) is 11.6 Å². The van der Waals surface area contributed by atoms with Gasteiger partial charge in [-0.05, 0) is 25.1 Å². The highest BCUT2D eigenvalue weighted by Gasteiger charge is 2.06. The lowest BCUT2D eigenvalue weighted by molar-refractivity contribution is -0.118. The lowest BCUT2D eigenvalue weighted by atomic mass is 10.3. The Morgan fingerprint density at radius 1 is 1.24 bits per heavy atom. The topological polar surface area (TPSA) is 86.5 Å². The summed E-state index contributed by atoms with van der Waals surface area (Å²) in [4.78, 5) is 15.8. The summed E-state index contributed by atoms with van der Waals surface area (Å²) in [5.74, 6) is 0.713. The van der Waals surface area contributed by atoms with Gasteiger partial charge in [-0.25, -0.2) is 4.98 Å². The van der Waals surface area contributed by atoms with Gasteiger partial charge < -0.3 is 20.5 Å². The SMILES string of the molecule is CCOc1ccc(NC(=O)COc2ccccc2N)cn1. The Morgan fingerprint density at radius 2 is 2.05 bits per heavy atom. The van der Waals surface area contributed by atoms with Crippen LogP contribution in [0.15, 0.2) is 42.6 Å². The fourth-order valence-electron chi connectivity index (χ4n) is 1.64. The highest BCUT2D eigenvalue weighted by atomic mass is 16.5. The minimum absolute atomic E-state index is 0.124. The van der Waals surface area contributed by atoms with Gasteiger partial charge in [-0.1, -0.05) is 12.1 Å². The Bertz CT molecular complexity index is 599. The van der Waals surface area contributed by atoms with Crippen LogP contribution in [-0.4, -0.2) is 24.1 Å². The van der Waals surface area contributed by atoms with Crippen molar-refractivity contribution in [2.75, 3.05) is 24.3 Å². The van der Waals surface area contributed by atoms with Crippen LogP contribution in [0, 0.1) is 0 Å². The predicted octanol–water partition coefficient (Wildman–Crippen LogP) is 2.08. The van der Waals surface area contributed by atoms with Crippen molar-refractivity contribution >= 4 is 17.3 Å². The first kappa shape index (κ1) is 14.6. The third-order valence-corrected chi connectivity index (χ3v) is 2.59. The van der Waals surface area contributed by atoms with Crippen LogP contribution in [0.1, 0.15) is 6.92 Å². The molecular formula is C15H17N3O3. The van der Waals surface area contributed by atoms with E-state index in [2.05, 4.69) is 10.3 Å². The fraction of sp³-hybridized carbons (Fsp3) is 0.200. The highest BCUT2D eigenvalue weighted by Crippen LogP contribution is 2.19. The number of para-hydroxylation sites is 2. The number of benzene rings is 1. The first-order valence-electron chi connectivity index (χ1n) is 6.55. The summed E-state index contributed by atoms with van der Waals surface area (Å²) in [5.41, 5.74) is 6.79. The molecule has 110 valence electrons. The van der Waals surface area contributed by atoms with Gasteiger partial charge in [0, 0.05) is 6.07 Å². The van der Waals surface area contributed by atoms with Gasteiger partial charge in [0.25, 0.3) is 5.91 Å². The summed E-state index contributed by atoms with van der Waals surface area (Å²) >= 11 is 0. The Balaban J connectivity index is 1.85. The predicted molar refractivity (Wildman–Crippen MR) is 80.4 cm³/mol. The summed E-state index contributed by atoms with van der Waals surface area (Å²) in [7, 11) is 0. The molecule has 6 heteroatoms. The molecule has 2 aromatic rings. The van der Waals surface area contributed by atoms with Crippen LogP contribution in [0.4, 0.5) is 11.4 Å². The molecule has 2 rings (SSSR count). The molecule has 1 heterocycles. The monoisotopic (exact) mass is 287 g/mol. The van der Waals surface area contributed by atoms with Crippen molar-refractivity contribution in [3.05, 3.63) is 42.6 Å². The average molecular weight is 287 g/mol. The molecule has 0 radical (unpaired) electrons. The molecule has 1 aromatic carbocycles. The van der Waals surface area contributed by atoms with Crippen LogP contribution in [0.5, 0.6) is 11.6 Å². The second-order valence-electron chi connectivity index (χ2n) is 4.19. The van der Waals surface area contributed by atoms with E-state index >= 15 is 0 Å². The molecule has 1 aromatic heterocycles. The molecule has 0 aliphatic carbocycles. The number of hydrogen-bond donors (Lipinski definition) is 2. The molecule has 3 N–H and O–H groups in total. The van der Waals surface area contributed by atoms with Crippen molar-refractivity contribution in [2.45, 2.75) is 6.92 Å². The molecule has 0 saturated carbocycles. The number of aromatic nitrogens is 1. The lowest BCUT2D eigenvalue weighted by Gasteiger charge is -2.09. The Kier molecular flexibility index (Phi) is 4.98. The van der Waals surface area contributed by atoms with Crippen LogP contribution >= 0.6 is 0 Å². The quantitative estimate of drug-likeness (QED) is 0.794. The van der Waals surface area contributed by atoms with Crippen molar-refractivity contribution in [3.63, 3.8) is 0 Å². The van der Waals surface area contributed by atoms with Gasteiger partial charge in [-0.15, -0.1) is 0 Å². The van der Waals surface area contributed by atoms with E-state index in [1.165, 1.54) is 6.20 Å². The van der Waals surface area contributed by atoms with Crippen molar-refractivity contribution < 1.29 is 14.3 Å². The first-order chi connectivity index (χ1) is 10.2. The largest absolute Gasteiger partial charge is 0.482 e. The number of anilines is 2.